The van der Waals surface area contributed by atoms with Gasteiger partial charge in [0.05, 0.1) is 0 Å². The molecule has 0 heterocycles. The lowest BCUT2D eigenvalue weighted by atomic mass is 9.75. The van der Waals surface area contributed by atoms with Gasteiger partial charge in [-0.25, -0.2) is 0 Å². The van der Waals surface area contributed by atoms with E-state index in [0.717, 1.165) is 29.6 Å². The molecule has 0 aromatic rings. The molecule has 4 unspecified atom stereocenters. The molecule has 4 atom stereocenters. The van der Waals surface area contributed by atoms with Gasteiger partial charge in [-0.15, -0.1) is 0 Å². The van der Waals surface area contributed by atoms with E-state index in [2.05, 4.69) is 20.8 Å². The Morgan fingerprint density at radius 2 is 1.40 bits per heavy atom. The van der Waals surface area contributed by atoms with Crippen LogP contribution in [0.3, 0.4) is 0 Å². The van der Waals surface area contributed by atoms with Gasteiger partial charge >= 0.3 is 0 Å². The molecule has 88 valence electrons. The van der Waals surface area contributed by atoms with Crippen LogP contribution < -0.4 is 0 Å². The maximum atomic E-state index is 2.53. The minimum absolute atomic E-state index is 0.984. The number of hydrogen-bond donors (Lipinski definition) is 0. The molecule has 0 nitrogen and oxygen atoms in total. The van der Waals surface area contributed by atoms with Crippen molar-refractivity contribution >= 4 is 0 Å². The van der Waals surface area contributed by atoms with Crippen LogP contribution in [0, 0.1) is 29.6 Å². The summed E-state index contributed by atoms with van der Waals surface area (Å²) in [6, 6.07) is 0. The molecular formula is C15H28. The molecule has 2 rings (SSSR count). The van der Waals surface area contributed by atoms with E-state index in [4.69, 9.17) is 0 Å². The highest BCUT2D eigenvalue weighted by molar-refractivity contribution is 4.83. The van der Waals surface area contributed by atoms with Crippen molar-refractivity contribution in [1.82, 2.24) is 0 Å². The lowest BCUT2D eigenvalue weighted by molar-refractivity contribution is 0.193. The first-order valence-corrected chi connectivity index (χ1v) is 7.18. The van der Waals surface area contributed by atoms with Gasteiger partial charge in [0.2, 0.25) is 0 Å². The summed E-state index contributed by atoms with van der Waals surface area (Å²) in [5.74, 6) is 5.10. The third-order valence-corrected chi connectivity index (χ3v) is 5.45. The van der Waals surface area contributed by atoms with Crippen LogP contribution in [0.4, 0.5) is 0 Å². The van der Waals surface area contributed by atoms with E-state index < -0.39 is 0 Å². The van der Waals surface area contributed by atoms with Crippen molar-refractivity contribution in [3.05, 3.63) is 0 Å². The largest absolute Gasteiger partial charge is 0.0625 e. The van der Waals surface area contributed by atoms with Crippen LogP contribution in [0.5, 0.6) is 0 Å². The maximum absolute atomic E-state index is 2.53. The van der Waals surface area contributed by atoms with Crippen molar-refractivity contribution in [2.75, 3.05) is 0 Å². The molecule has 0 radical (unpaired) electrons. The Labute approximate surface area is 95.8 Å². The lowest BCUT2D eigenvalue weighted by Gasteiger charge is -2.30. The molecule has 2 fully saturated rings. The van der Waals surface area contributed by atoms with Crippen LogP contribution in [-0.2, 0) is 0 Å². The summed E-state index contributed by atoms with van der Waals surface area (Å²) in [4.78, 5) is 0. The average Bonchev–Trinajstić information content (AvgIpc) is 2.85. The summed E-state index contributed by atoms with van der Waals surface area (Å²) >= 11 is 0. The van der Waals surface area contributed by atoms with Gasteiger partial charge in [-0.2, -0.15) is 0 Å². The van der Waals surface area contributed by atoms with Crippen molar-refractivity contribution in [3.8, 4) is 0 Å². The molecule has 0 N–H and O–H groups in total. The molecule has 0 saturated heterocycles. The maximum Gasteiger partial charge on any atom is -0.0383 e. The smallest absolute Gasteiger partial charge is 0.0383 e. The van der Waals surface area contributed by atoms with E-state index in [9.17, 15) is 0 Å². The van der Waals surface area contributed by atoms with Gasteiger partial charge in [0, 0.05) is 0 Å². The van der Waals surface area contributed by atoms with Crippen molar-refractivity contribution in [2.24, 2.45) is 29.6 Å². The van der Waals surface area contributed by atoms with Crippen LogP contribution in [0.2, 0.25) is 0 Å². The van der Waals surface area contributed by atoms with Crippen molar-refractivity contribution in [2.45, 2.75) is 65.7 Å². The summed E-state index contributed by atoms with van der Waals surface area (Å²) in [5, 5.41) is 0. The first kappa shape index (κ1) is 11.5. The second kappa shape index (κ2) is 4.89. The Kier molecular flexibility index (Phi) is 3.74. The minimum Gasteiger partial charge on any atom is -0.0625 e. The van der Waals surface area contributed by atoms with E-state index in [0.29, 0.717) is 0 Å². The van der Waals surface area contributed by atoms with E-state index in [-0.39, 0.29) is 0 Å². The third-order valence-electron chi connectivity index (χ3n) is 5.45. The Hall–Kier alpha value is 0. The van der Waals surface area contributed by atoms with Crippen molar-refractivity contribution < 1.29 is 0 Å². The topological polar surface area (TPSA) is 0 Å². The fourth-order valence-electron chi connectivity index (χ4n) is 4.07. The molecule has 0 aliphatic heterocycles. The zero-order valence-electron chi connectivity index (χ0n) is 10.8. The predicted octanol–water partition coefficient (Wildman–Crippen LogP) is 4.89. The molecule has 2 aliphatic carbocycles. The number of hydrogen-bond acceptors (Lipinski definition) is 0. The summed E-state index contributed by atoms with van der Waals surface area (Å²) in [6.45, 7) is 7.50. The molecule has 0 spiro atoms. The van der Waals surface area contributed by atoms with E-state index in [1.165, 1.54) is 44.9 Å². The van der Waals surface area contributed by atoms with Crippen LogP contribution in [0.15, 0.2) is 0 Å². The van der Waals surface area contributed by atoms with Crippen molar-refractivity contribution in [1.29, 1.82) is 0 Å². The zero-order chi connectivity index (χ0) is 10.8. The molecule has 2 aliphatic rings. The van der Waals surface area contributed by atoms with Crippen LogP contribution in [0.25, 0.3) is 0 Å². The molecule has 0 aromatic heterocycles. The minimum atomic E-state index is 0.984. The van der Waals surface area contributed by atoms with Gasteiger partial charge in [0.25, 0.3) is 0 Å². The summed E-state index contributed by atoms with van der Waals surface area (Å²) < 4.78 is 0. The Bertz CT molecular complexity index is 190. The van der Waals surface area contributed by atoms with E-state index in [1.54, 1.807) is 0 Å². The van der Waals surface area contributed by atoms with Gasteiger partial charge in [-0.3, -0.25) is 0 Å². The van der Waals surface area contributed by atoms with E-state index >= 15 is 0 Å². The molecule has 2 saturated carbocycles. The molecule has 0 heteroatoms. The van der Waals surface area contributed by atoms with Gasteiger partial charge < -0.3 is 0 Å². The van der Waals surface area contributed by atoms with Gasteiger partial charge in [0.1, 0.15) is 0 Å². The molecule has 0 amide bonds. The monoisotopic (exact) mass is 208 g/mol. The van der Waals surface area contributed by atoms with Gasteiger partial charge in [-0.1, -0.05) is 52.9 Å². The standard InChI is InChI=1S/C15H28/c1-11-8-9-15(10-11)13(3)12(2)14-6-4-5-7-14/h11-15H,4-10H2,1-3H3. The summed E-state index contributed by atoms with van der Waals surface area (Å²) in [5.41, 5.74) is 0. The number of rotatable bonds is 3. The highest BCUT2D eigenvalue weighted by atomic mass is 14.4. The highest BCUT2D eigenvalue weighted by Gasteiger charge is 2.33. The third kappa shape index (κ3) is 2.57. The normalized spacial score (nSPS) is 37.0. The summed E-state index contributed by atoms with van der Waals surface area (Å²) in [6.07, 6.45) is 10.6. The molecule has 0 aromatic carbocycles. The van der Waals surface area contributed by atoms with Gasteiger partial charge in [0.15, 0.2) is 0 Å². The SMILES string of the molecule is CC1CCC(C(C)C(C)C2CCCC2)C1. The highest BCUT2D eigenvalue weighted by Crippen LogP contribution is 2.43. The first-order valence-electron chi connectivity index (χ1n) is 7.18. The Morgan fingerprint density at radius 3 is 1.93 bits per heavy atom. The first-order chi connectivity index (χ1) is 7.18. The van der Waals surface area contributed by atoms with Crippen LogP contribution in [-0.4, -0.2) is 0 Å². The van der Waals surface area contributed by atoms with Crippen molar-refractivity contribution in [3.63, 3.8) is 0 Å². The average molecular weight is 208 g/mol. The molecular weight excluding hydrogens is 180 g/mol. The van der Waals surface area contributed by atoms with Crippen LogP contribution >= 0.6 is 0 Å². The van der Waals surface area contributed by atoms with Gasteiger partial charge in [-0.05, 0) is 42.4 Å². The van der Waals surface area contributed by atoms with E-state index in [1.807, 2.05) is 0 Å². The fraction of sp³-hybridized carbons (Fsp3) is 1.00. The summed E-state index contributed by atoms with van der Waals surface area (Å²) in [7, 11) is 0. The predicted molar refractivity (Wildman–Crippen MR) is 66.8 cm³/mol. The second-order valence-corrected chi connectivity index (χ2v) is 6.44. The van der Waals surface area contributed by atoms with Crippen LogP contribution in [0.1, 0.15) is 65.7 Å². The fourth-order valence-corrected chi connectivity index (χ4v) is 4.07. The lowest BCUT2D eigenvalue weighted by Crippen LogP contribution is -2.22. The zero-order valence-corrected chi connectivity index (χ0v) is 10.8. The Balaban J connectivity index is 1.86. The quantitative estimate of drug-likeness (QED) is 0.620. The Morgan fingerprint density at radius 1 is 0.800 bits per heavy atom. The second-order valence-electron chi connectivity index (χ2n) is 6.44. The molecule has 15 heavy (non-hydrogen) atoms. The molecule has 0 bridgehead atoms.